The lowest BCUT2D eigenvalue weighted by atomic mass is 9.90. The fourth-order valence-corrected chi connectivity index (χ4v) is 3.74. The molecule has 1 heterocycles. The molecule has 0 aliphatic heterocycles. The van der Waals surface area contributed by atoms with E-state index in [1.165, 1.54) is 57.8 Å². The SMILES string of the molecule is O=c1[nH]c(C2CCCCCCC2)nc(C2CC2)c1I. The van der Waals surface area contributed by atoms with Gasteiger partial charge in [-0.1, -0.05) is 32.1 Å². The molecule has 0 bridgehead atoms. The highest BCUT2D eigenvalue weighted by atomic mass is 127. The highest BCUT2D eigenvalue weighted by Crippen LogP contribution is 2.40. The van der Waals surface area contributed by atoms with Crippen LogP contribution in [0.2, 0.25) is 0 Å². The number of rotatable bonds is 2. The summed E-state index contributed by atoms with van der Waals surface area (Å²) in [5, 5.41) is 0. The molecule has 3 rings (SSSR count). The van der Waals surface area contributed by atoms with Gasteiger partial charge in [0.25, 0.3) is 5.56 Å². The lowest BCUT2D eigenvalue weighted by Gasteiger charge is -2.19. The molecule has 1 N–H and O–H groups in total. The molecule has 0 spiro atoms. The van der Waals surface area contributed by atoms with Gasteiger partial charge < -0.3 is 4.98 Å². The van der Waals surface area contributed by atoms with Gasteiger partial charge >= 0.3 is 0 Å². The molecule has 4 heteroatoms. The average molecular weight is 372 g/mol. The third kappa shape index (κ3) is 3.20. The van der Waals surface area contributed by atoms with Crippen molar-refractivity contribution in [2.45, 2.75) is 69.6 Å². The van der Waals surface area contributed by atoms with E-state index in [1.54, 1.807) is 0 Å². The van der Waals surface area contributed by atoms with Crippen LogP contribution in [0.15, 0.2) is 4.79 Å². The number of aromatic amines is 1. The van der Waals surface area contributed by atoms with Crippen molar-refractivity contribution in [1.82, 2.24) is 9.97 Å². The molecule has 0 unspecified atom stereocenters. The summed E-state index contributed by atoms with van der Waals surface area (Å²) >= 11 is 2.16. The number of hydrogen-bond donors (Lipinski definition) is 1. The number of nitrogens with one attached hydrogen (secondary N) is 1. The van der Waals surface area contributed by atoms with Gasteiger partial charge in [0, 0.05) is 11.8 Å². The van der Waals surface area contributed by atoms with Crippen molar-refractivity contribution in [3.8, 4) is 0 Å². The van der Waals surface area contributed by atoms with E-state index in [1.807, 2.05) is 0 Å². The number of nitrogens with zero attached hydrogens (tertiary/aromatic N) is 1. The molecule has 1 aromatic rings. The zero-order valence-corrected chi connectivity index (χ0v) is 13.4. The fraction of sp³-hybridized carbons (Fsp3) is 0.733. The second-order valence-electron chi connectivity index (χ2n) is 5.97. The molecule has 2 saturated carbocycles. The molecule has 0 amide bonds. The van der Waals surface area contributed by atoms with E-state index in [2.05, 4.69) is 27.6 Å². The molecular weight excluding hydrogens is 351 g/mol. The summed E-state index contributed by atoms with van der Waals surface area (Å²) in [6.45, 7) is 0. The van der Waals surface area contributed by atoms with Crippen molar-refractivity contribution >= 4 is 22.6 Å². The Morgan fingerprint density at radius 3 is 2.21 bits per heavy atom. The summed E-state index contributed by atoms with van der Waals surface area (Å²) < 4.78 is 0.815. The summed E-state index contributed by atoms with van der Waals surface area (Å²) in [6.07, 6.45) is 11.4. The first kappa shape index (κ1) is 13.6. The van der Waals surface area contributed by atoms with Gasteiger partial charge in [-0.05, 0) is 48.3 Å². The quantitative estimate of drug-likeness (QED) is 0.796. The fourth-order valence-electron chi connectivity index (χ4n) is 3.04. The summed E-state index contributed by atoms with van der Waals surface area (Å²) in [5.74, 6) is 2.00. The number of aromatic nitrogens is 2. The van der Waals surface area contributed by atoms with Gasteiger partial charge in [0.2, 0.25) is 0 Å². The minimum Gasteiger partial charge on any atom is -0.309 e. The molecule has 0 aromatic carbocycles. The normalized spacial score (nSPS) is 21.9. The second kappa shape index (κ2) is 5.94. The Morgan fingerprint density at radius 1 is 0.947 bits per heavy atom. The predicted molar refractivity (Wildman–Crippen MR) is 84.6 cm³/mol. The second-order valence-corrected chi connectivity index (χ2v) is 7.05. The van der Waals surface area contributed by atoms with E-state index in [0.717, 1.165) is 15.1 Å². The largest absolute Gasteiger partial charge is 0.309 e. The first-order chi connectivity index (χ1) is 9.25. The van der Waals surface area contributed by atoms with E-state index >= 15 is 0 Å². The van der Waals surface area contributed by atoms with Crippen LogP contribution in [0, 0.1) is 3.57 Å². The third-order valence-electron chi connectivity index (χ3n) is 4.36. The maximum atomic E-state index is 12.1. The van der Waals surface area contributed by atoms with Crippen molar-refractivity contribution in [2.75, 3.05) is 0 Å². The zero-order valence-electron chi connectivity index (χ0n) is 11.3. The van der Waals surface area contributed by atoms with Crippen LogP contribution >= 0.6 is 22.6 Å². The first-order valence-electron chi connectivity index (χ1n) is 7.55. The van der Waals surface area contributed by atoms with Crippen molar-refractivity contribution in [2.24, 2.45) is 0 Å². The van der Waals surface area contributed by atoms with Crippen LogP contribution in [0.5, 0.6) is 0 Å². The predicted octanol–water partition coefficient (Wildman–Crippen LogP) is 4.08. The highest BCUT2D eigenvalue weighted by molar-refractivity contribution is 14.1. The molecule has 1 aromatic heterocycles. The lowest BCUT2D eigenvalue weighted by Crippen LogP contribution is -2.20. The molecule has 2 fully saturated rings. The van der Waals surface area contributed by atoms with Crippen LogP contribution in [-0.2, 0) is 0 Å². The van der Waals surface area contributed by atoms with Gasteiger partial charge in [-0.3, -0.25) is 4.79 Å². The zero-order chi connectivity index (χ0) is 13.2. The lowest BCUT2D eigenvalue weighted by molar-refractivity contribution is 0.440. The third-order valence-corrected chi connectivity index (χ3v) is 5.41. The van der Waals surface area contributed by atoms with Crippen molar-refractivity contribution in [3.63, 3.8) is 0 Å². The first-order valence-corrected chi connectivity index (χ1v) is 8.63. The summed E-state index contributed by atoms with van der Waals surface area (Å²) in [4.78, 5) is 20.0. The molecule has 0 atom stereocenters. The minimum atomic E-state index is 0.0783. The summed E-state index contributed by atoms with van der Waals surface area (Å²) in [5.41, 5.74) is 1.15. The van der Waals surface area contributed by atoms with Crippen LogP contribution in [0.1, 0.15) is 81.1 Å². The van der Waals surface area contributed by atoms with E-state index in [0.29, 0.717) is 11.8 Å². The van der Waals surface area contributed by atoms with Gasteiger partial charge in [0.05, 0.1) is 9.26 Å². The monoisotopic (exact) mass is 372 g/mol. The van der Waals surface area contributed by atoms with Gasteiger partial charge in [0.1, 0.15) is 5.82 Å². The van der Waals surface area contributed by atoms with E-state index in [9.17, 15) is 4.79 Å². The van der Waals surface area contributed by atoms with E-state index < -0.39 is 0 Å². The minimum absolute atomic E-state index is 0.0783. The van der Waals surface area contributed by atoms with E-state index in [4.69, 9.17) is 4.98 Å². The molecule has 104 valence electrons. The molecule has 3 nitrogen and oxygen atoms in total. The Hall–Kier alpha value is -0.390. The van der Waals surface area contributed by atoms with Crippen LogP contribution in [0.3, 0.4) is 0 Å². The number of H-pyrrole nitrogens is 1. The Bertz CT molecular complexity index is 499. The Labute approximate surface area is 127 Å². The number of hydrogen-bond acceptors (Lipinski definition) is 2. The van der Waals surface area contributed by atoms with E-state index in [-0.39, 0.29) is 5.56 Å². The topological polar surface area (TPSA) is 45.8 Å². The maximum Gasteiger partial charge on any atom is 0.264 e. The number of halogens is 1. The van der Waals surface area contributed by atoms with Crippen molar-refractivity contribution < 1.29 is 0 Å². The van der Waals surface area contributed by atoms with Crippen LogP contribution in [0.4, 0.5) is 0 Å². The Balaban J connectivity index is 1.88. The van der Waals surface area contributed by atoms with Gasteiger partial charge in [0.15, 0.2) is 0 Å². The maximum absolute atomic E-state index is 12.1. The Morgan fingerprint density at radius 2 is 1.58 bits per heavy atom. The van der Waals surface area contributed by atoms with Crippen LogP contribution in [-0.4, -0.2) is 9.97 Å². The standard InChI is InChI=1S/C15H21IN2O/c16-12-13(10-8-9-10)17-14(18-15(12)19)11-6-4-2-1-3-5-7-11/h10-11H,1-9H2,(H,17,18,19). The highest BCUT2D eigenvalue weighted by Gasteiger charge is 2.29. The smallest absolute Gasteiger partial charge is 0.264 e. The van der Waals surface area contributed by atoms with Gasteiger partial charge in [-0.2, -0.15) is 0 Å². The molecule has 19 heavy (non-hydrogen) atoms. The summed E-state index contributed by atoms with van der Waals surface area (Å²) in [7, 11) is 0. The van der Waals surface area contributed by atoms with Gasteiger partial charge in [-0.15, -0.1) is 0 Å². The molecule has 0 radical (unpaired) electrons. The Kier molecular flexibility index (Phi) is 4.24. The average Bonchev–Trinajstić information content (AvgIpc) is 3.16. The molecule has 2 aliphatic carbocycles. The van der Waals surface area contributed by atoms with Crippen LogP contribution < -0.4 is 5.56 Å². The molecular formula is C15H21IN2O. The van der Waals surface area contributed by atoms with Crippen molar-refractivity contribution in [3.05, 3.63) is 25.4 Å². The molecule has 0 saturated heterocycles. The van der Waals surface area contributed by atoms with Crippen LogP contribution in [0.25, 0.3) is 0 Å². The van der Waals surface area contributed by atoms with Crippen molar-refractivity contribution in [1.29, 1.82) is 0 Å². The molecule has 2 aliphatic rings. The summed E-state index contributed by atoms with van der Waals surface area (Å²) in [6, 6.07) is 0. The van der Waals surface area contributed by atoms with Gasteiger partial charge in [-0.25, -0.2) is 4.98 Å².